The molecule has 1 aliphatic heterocycles. The Kier molecular flexibility index (Phi) is 4.98. The molecule has 0 bridgehead atoms. The summed E-state index contributed by atoms with van der Waals surface area (Å²) in [6, 6.07) is 17.4. The van der Waals surface area contributed by atoms with Crippen molar-refractivity contribution in [3.8, 4) is 0 Å². The first kappa shape index (κ1) is 17.0. The lowest BCUT2D eigenvalue weighted by molar-refractivity contribution is -0.149. The molecule has 0 unspecified atom stereocenters. The fourth-order valence-electron chi connectivity index (χ4n) is 3.09. The normalized spacial score (nSPS) is 17.4. The second-order valence-electron chi connectivity index (χ2n) is 6.21. The maximum atomic E-state index is 12.8. The van der Waals surface area contributed by atoms with Gasteiger partial charge in [0.05, 0.1) is 0 Å². The summed E-state index contributed by atoms with van der Waals surface area (Å²) in [7, 11) is 0. The van der Waals surface area contributed by atoms with Gasteiger partial charge in [-0.05, 0) is 43.5 Å². The number of anilines is 1. The van der Waals surface area contributed by atoms with E-state index in [9.17, 15) is 9.59 Å². The number of amides is 1. The lowest BCUT2D eigenvalue weighted by Gasteiger charge is -2.25. The van der Waals surface area contributed by atoms with Crippen LogP contribution in [0.1, 0.15) is 25.0 Å². The van der Waals surface area contributed by atoms with Crippen LogP contribution in [0.4, 0.5) is 5.69 Å². The molecule has 1 amide bonds. The lowest BCUT2D eigenvalue weighted by Crippen LogP contribution is -2.43. The fraction of sp³-hybridized carbons (Fsp3) is 0.238. The third kappa shape index (κ3) is 3.79. The first-order valence-electron chi connectivity index (χ1n) is 8.41. The molecule has 0 spiro atoms. The molecule has 3 rings (SSSR count). The summed E-state index contributed by atoms with van der Waals surface area (Å²) in [5, 5.41) is 0. The molecule has 0 saturated carbocycles. The molecular weight excluding hydrogens is 314 g/mol. The smallest absolute Gasteiger partial charge is 0.331 e. The van der Waals surface area contributed by atoms with Crippen LogP contribution in [0.5, 0.6) is 0 Å². The van der Waals surface area contributed by atoms with Crippen molar-refractivity contribution in [2.75, 3.05) is 4.90 Å². The number of hydrogen-bond acceptors (Lipinski definition) is 3. The average Bonchev–Trinajstić information content (AvgIpc) is 2.96. The highest BCUT2D eigenvalue weighted by atomic mass is 16.5. The lowest BCUT2D eigenvalue weighted by atomic mass is 10.1. The Balaban J connectivity index is 1.65. The van der Waals surface area contributed by atoms with E-state index in [-0.39, 0.29) is 11.9 Å². The van der Waals surface area contributed by atoms with Crippen molar-refractivity contribution in [2.45, 2.75) is 32.4 Å². The van der Waals surface area contributed by atoms with Crippen LogP contribution in [0.2, 0.25) is 0 Å². The van der Waals surface area contributed by atoms with Gasteiger partial charge in [-0.1, -0.05) is 48.5 Å². The molecule has 1 heterocycles. The number of nitrogens with zero attached hydrogens (tertiary/aromatic N) is 1. The van der Waals surface area contributed by atoms with Gasteiger partial charge in [-0.3, -0.25) is 4.79 Å². The molecule has 4 nitrogen and oxygen atoms in total. The molecular formula is C21H21NO3. The van der Waals surface area contributed by atoms with E-state index in [4.69, 9.17) is 4.74 Å². The van der Waals surface area contributed by atoms with E-state index in [0.717, 1.165) is 23.2 Å². The summed E-state index contributed by atoms with van der Waals surface area (Å²) in [5.74, 6) is -0.719. The fourth-order valence-corrected chi connectivity index (χ4v) is 3.09. The van der Waals surface area contributed by atoms with Crippen LogP contribution in [0, 0.1) is 0 Å². The maximum Gasteiger partial charge on any atom is 0.331 e. The van der Waals surface area contributed by atoms with Gasteiger partial charge in [0, 0.05) is 17.8 Å². The number of para-hydroxylation sites is 1. The summed E-state index contributed by atoms with van der Waals surface area (Å²) >= 11 is 0. The van der Waals surface area contributed by atoms with Crippen molar-refractivity contribution in [3.63, 3.8) is 0 Å². The average molecular weight is 335 g/mol. The zero-order valence-electron chi connectivity index (χ0n) is 14.4. The van der Waals surface area contributed by atoms with E-state index in [1.165, 1.54) is 6.08 Å². The molecule has 2 atom stereocenters. The third-order valence-corrected chi connectivity index (χ3v) is 4.30. The van der Waals surface area contributed by atoms with E-state index in [1.54, 1.807) is 17.9 Å². The molecule has 25 heavy (non-hydrogen) atoms. The molecule has 0 aromatic heterocycles. The van der Waals surface area contributed by atoms with Gasteiger partial charge >= 0.3 is 5.97 Å². The number of benzene rings is 2. The monoisotopic (exact) mass is 335 g/mol. The van der Waals surface area contributed by atoms with Crippen molar-refractivity contribution in [1.82, 2.24) is 0 Å². The quantitative estimate of drug-likeness (QED) is 0.633. The molecule has 4 heteroatoms. The van der Waals surface area contributed by atoms with Crippen LogP contribution in [-0.4, -0.2) is 24.0 Å². The van der Waals surface area contributed by atoms with Crippen LogP contribution >= 0.6 is 0 Å². The van der Waals surface area contributed by atoms with Gasteiger partial charge in [0.2, 0.25) is 0 Å². The van der Waals surface area contributed by atoms with Crippen molar-refractivity contribution in [1.29, 1.82) is 0 Å². The number of carbonyl (C=O) groups excluding carboxylic acids is 2. The second kappa shape index (κ2) is 7.34. The number of fused-ring (bicyclic) bond motifs is 1. The number of esters is 1. The van der Waals surface area contributed by atoms with E-state index in [1.807, 2.05) is 61.5 Å². The third-order valence-electron chi connectivity index (χ3n) is 4.30. The van der Waals surface area contributed by atoms with Gasteiger partial charge < -0.3 is 9.64 Å². The Morgan fingerprint density at radius 1 is 1.12 bits per heavy atom. The number of ether oxygens (including phenoxy) is 1. The van der Waals surface area contributed by atoms with Gasteiger partial charge in [-0.15, -0.1) is 0 Å². The van der Waals surface area contributed by atoms with E-state index < -0.39 is 12.1 Å². The first-order valence-corrected chi connectivity index (χ1v) is 8.41. The summed E-state index contributed by atoms with van der Waals surface area (Å²) in [6.45, 7) is 3.62. The minimum atomic E-state index is -0.832. The zero-order chi connectivity index (χ0) is 17.8. The Hall–Kier alpha value is -2.88. The second-order valence-corrected chi connectivity index (χ2v) is 6.21. The van der Waals surface area contributed by atoms with Crippen molar-refractivity contribution in [2.24, 2.45) is 0 Å². The standard InChI is InChI=1S/C21H21NO3/c1-15-14-18-10-6-7-11-19(18)22(15)21(24)16(2)25-20(23)13-12-17-8-4-3-5-9-17/h3-13,15-16H,14H2,1-2H3/b13-12+/t15-,16+/m1/s1. The predicted octanol–water partition coefficient (Wildman–Crippen LogP) is 3.61. The Morgan fingerprint density at radius 2 is 1.80 bits per heavy atom. The molecule has 2 aromatic rings. The molecule has 0 saturated heterocycles. The highest BCUT2D eigenvalue weighted by Crippen LogP contribution is 2.32. The molecule has 0 aliphatic carbocycles. The summed E-state index contributed by atoms with van der Waals surface area (Å²) in [4.78, 5) is 26.5. The van der Waals surface area contributed by atoms with E-state index >= 15 is 0 Å². The van der Waals surface area contributed by atoms with Gasteiger partial charge in [0.25, 0.3) is 5.91 Å². The molecule has 0 fully saturated rings. The minimum absolute atomic E-state index is 0.0610. The van der Waals surface area contributed by atoms with Crippen molar-refractivity contribution in [3.05, 3.63) is 71.8 Å². The predicted molar refractivity (Wildman–Crippen MR) is 98.1 cm³/mol. The molecule has 0 N–H and O–H groups in total. The topological polar surface area (TPSA) is 46.6 Å². The summed E-state index contributed by atoms with van der Waals surface area (Å²) in [5.41, 5.74) is 2.95. The zero-order valence-corrected chi connectivity index (χ0v) is 14.4. The minimum Gasteiger partial charge on any atom is -0.449 e. The van der Waals surface area contributed by atoms with Crippen molar-refractivity contribution >= 4 is 23.6 Å². The van der Waals surface area contributed by atoms with Gasteiger partial charge in [-0.2, -0.15) is 0 Å². The van der Waals surface area contributed by atoms with E-state index in [2.05, 4.69) is 0 Å². The Morgan fingerprint density at radius 3 is 2.56 bits per heavy atom. The Bertz CT molecular complexity index is 798. The number of carbonyl (C=O) groups is 2. The SMILES string of the molecule is C[C@H](OC(=O)/C=C/c1ccccc1)C(=O)N1c2ccccc2C[C@H]1C. The van der Waals surface area contributed by atoms with Crippen LogP contribution in [0.3, 0.4) is 0 Å². The van der Waals surface area contributed by atoms with E-state index in [0.29, 0.717) is 0 Å². The highest BCUT2D eigenvalue weighted by molar-refractivity contribution is 6.00. The van der Waals surface area contributed by atoms with Gasteiger partial charge in [0.1, 0.15) is 0 Å². The maximum absolute atomic E-state index is 12.8. The van der Waals surface area contributed by atoms with Crippen molar-refractivity contribution < 1.29 is 14.3 Å². The molecule has 2 aromatic carbocycles. The molecule has 0 radical (unpaired) electrons. The first-order chi connectivity index (χ1) is 12.1. The highest BCUT2D eigenvalue weighted by Gasteiger charge is 2.34. The van der Waals surface area contributed by atoms with Crippen LogP contribution in [0.25, 0.3) is 6.08 Å². The van der Waals surface area contributed by atoms with Crippen LogP contribution in [-0.2, 0) is 20.7 Å². The molecule has 1 aliphatic rings. The molecule has 128 valence electrons. The Labute approximate surface area is 147 Å². The summed E-state index contributed by atoms with van der Waals surface area (Å²) < 4.78 is 5.29. The van der Waals surface area contributed by atoms with Crippen LogP contribution in [0.15, 0.2) is 60.7 Å². The number of hydrogen-bond donors (Lipinski definition) is 0. The number of rotatable bonds is 4. The van der Waals surface area contributed by atoms with Gasteiger partial charge in [0.15, 0.2) is 6.10 Å². The van der Waals surface area contributed by atoms with Crippen LogP contribution < -0.4 is 4.90 Å². The largest absolute Gasteiger partial charge is 0.449 e. The van der Waals surface area contributed by atoms with Gasteiger partial charge in [-0.25, -0.2) is 4.79 Å². The summed E-state index contributed by atoms with van der Waals surface area (Å²) in [6.07, 6.45) is 3.01.